The van der Waals surface area contributed by atoms with Crippen molar-refractivity contribution >= 4 is 6.03 Å². The molecule has 1 fully saturated rings. The quantitative estimate of drug-likeness (QED) is 0.640. The van der Waals surface area contributed by atoms with Gasteiger partial charge in [-0.1, -0.05) is 0 Å². The molecule has 0 saturated carbocycles. The lowest BCUT2D eigenvalue weighted by molar-refractivity contribution is 0.190. The van der Waals surface area contributed by atoms with Crippen molar-refractivity contribution in [2.24, 2.45) is 5.73 Å². The Morgan fingerprint density at radius 2 is 2.08 bits per heavy atom. The zero-order valence-electron chi connectivity index (χ0n) is 8.00. The van der Waals surface area contributed by atoms with E-state index in [2.05, 4.69) is 0 Å². The molecule has 70 valence electrons. The van der Waals surface area contributed by atoms with Gasteiger partial charge in [-0.05, 0) is 13.8 Å². The van der Waals surface area contributed by atoms with E-state index in [1.54, 1.807) is 9.80 Å². The second-order valence-corrected chi connectivity index (χ2v) is 4.11. The monoisotopic (exact) mass is 171 g/mol. The molecule has 0 aliphatic carbocycles. The van der Waals surface area contributed by atoms with Gasteiger partial charge in [-0.2, -0.15) is 0 Å². The second-order valence-electron chi connectivity index (χ2n) is 4.11. The average Bonchev–Trinajstić information content (AvgIpc) is 2.16. The molecular formula is C8H17N3O. The SMILES string of the molecule is CN1CCN(CC(C)(C)N)C1=O. The smallest absolute Gasteiger partial charge is 0.319 e. The third-order valence-corrected chi connectivity index (χ3v) is 1.90. The Balaban J connectivity index is 2.50. The minimum absolute atomic E-state index is 0.0912. The number of likely N-dealkylation sites (N-methyl/N-ethyl adjacent to an activating group) is 1. The fourth-order valence-corrected chi connectivity index (χ4v) is 1.34. The summed E-state index contributed by atoms with van der Waals surface area (Å²) in [5.41, 5.74) is 5.52. The van der Waals surface area contributed by atoms with E-state index in [0.717, 1.165) is 13.1 Å². The Morgan fingerprint density at radius 3 is 2.42 bits per heavy atom. The molecule has 0 aromatic carbocycles. The van der Waals surface area contributed by atoms with Crippen LogP contribution in [0.3, 0.4) is 0 Å². The van der Waals surface area contributed by atoms with Crippen molar-refractivity contribution in [3.63, 3.8) is 0 Å². The molecular weight excluding hydrogens is 154 g/mol. The van der Waals surface area contributed by atoms with Crippen LogP contribution in [0.25, 0.3) is 0 Å². The zero-order valence-corrected chi connectivity index (χ0v) is 8.00. The maximum Gasteiger partial charge on any atom is 0.319 e. The van der Waals surface area contributed by atoms with Gasteiger partial charge in [0.15, 0.2) is 0 Å². The highest BCUT2D eigenvalue weighted by Gasteiger charge is 2.28. The summed E-state index contributed by atoms with van der Waals surface area (Å²) >= 11 is 0. The van der Waals surface area contributed by atoms with E-state index >= 15 is 0 Å². The molecule has 0 atom stereocenters. The van der Waals surface area contributed by atoms with Gasteiger partial charge < -0.3 is 15.5 Å². The van der Waals surface area contributed by atoms with E-state index in [0.29, 0.717) is 6.54 Å². The molecule has 1 saturated heterocycles. The van der Waals surface area contributed by atoms with Crippen LogP contribution in [0.4, 0.5) is 4.79 Å². The van der Waals surface area contributed by atoms with E-state index in [9.17, 15) is 4.79 Å². The molecule has 1 rings (SSSR count). The number of nitrogens with two attached hydrogens (primary N) is 1. The zero-order chi connectivity index (χ0) is 9.35. The summed E-state index contributed by atoms with van der Waals surface area (Å²) in [7, 11) is 1.81. The summed E-state index contributed by atoms with van der Waals surface area (Å²) in [6.07, 6.45) is 0. The summed E-state index contributed by atoms with van der Waals surface area (Å²) in [5, 5.41) is 0. The Labute approximate surface area is 73.3 Å². The Morgan fingerprint density at radius 1 is 1.50 bits per heavy atom. The van der Waals surface area contributed by atoms with Gasteiger partial charge in [-0.3, -0.25) is 0 Å². The topological polar surface area (TPSA) is 49.6 Å². The maximum absolute atomic E-state index is 11.4. The Hall–Kier alpha value is -0.770. The molecule has 1 aliphatic heterocycles. The van der Waals surface area contributed by atoms with E-state index in [1.807, 2.05) is 20.9 Å². The van der Waals surface area contributed by atoms with Crippen LogP contribution in [0.2, 0.25) is 0 Å². The van der Waals surface area contributed by atoms with E-state index in [1.165, 1.54) is 0 Å². The summed E-state index contributed by atoms with van der Waals surface area (Å²) in [4.78, 5) is 14.9. The molecule has 1 heterocycles. The fraction of sp³-hybridized carbons (Fsp3) is 0.875. The van der Waals surface area contributed by atoms with Crippen LogP contribution in [0.15, 0.2) is 0 Å². The molecule has 0 bridgehead atoms. The predicted molar refractivity (Wildman–Crippen MR) is 47.9 cm³/mol. The van der Waals surface area contributed by atoms with E-state index in [4.69, 9.17) is 5.73 Å². The highest BCUT2D eigenvalue weighted by molar-refractivity contribution is 5.76. The van der Waals surface area contributed by atoms with Gasteiger partial charge in [0.25, 0.3) is 0 Å². The molecule has 0 aromatic rings. The lowest BCUT2D eigenvalue weighted by atomic mass is 10.1. The molecule has 2 amide bonds. The van der Waals surface area contributed by atoms with Crippen LogP contribution in [-0.4, -0.2) is 48.1 Å². The van der Waals surface area contributed by atoms with Gasteiger partial charge in [0.2, 0.25) is 0 Å². The minimum Gasteiger partial charge on any atom is -0.326 e. The number of carbonyl (C=O) groups excluding carboxylic acids is 1. The molecule has 4 heteroatoms. The Bertz CT molecular complexity index is 185. The summed E-state index contributed by atoms with van der Waals surface area (Å²) in [6, 6.07) is 0.0912. The third kappa shape index (κ3) is 2.11. The van der Waals surface area contributed by atoms with Crippen molar-refractivity contribution < 1.29 is 4.79 Å². The lowest BCUT2D eigenvalue weighted by Gasteiger charge is -2.25. The molecule has 4 nitrogen and oxygen atoms in total. The fourth-order valence-electron chi connectivity index (χ4n) is 1.34. The van der Waals surface area contributed by atoms with E-state index < -0.39 is 0 Å². The van der Waals surface area contributed by atoms with E-state index in [-0.39, 0.29) is 11.6 Å². The number of rotatable bonds is 2. The minimum atomic E-state index is -0.291. The third-order valence-electron chi connectivity index (χ3n) is 1.90. The van der Waals surface area contributed by atoms with Gasteiger partial charge in [-0.15, -0.1) is 0 Å². The molecule has 0 aromatic heterocycles. The van der Waals surface area contributed by atoms with Gasteiger partial charge in [0.1, 0.15) is 0 Å². The van der Waals surface area contributed by atoms with Crippen molar-refractivity contribution in [3.8, 4) is 0 Å². The average molecular weight is 171 g/mol. The first kappa shape index (κ1) is 9.32. The van der Waals surface area contributed by atoms with Crippen LogP contribution < -0.4 is 5.73 Å². The number of nitrogens with zero attached hydrogens (tertiary/aromatic N) is 2. The second kappa shape index (κ2) is 2.94. The molecule has 12 heavy (non-hydrogen) atoms. The highest BCUT2D eigenvalue weighted by Crippen LogP contribution is 2.09. The van der Waals surface area contributed by atoms with Crippen molar-refractivity contribution in [1.82, 2.24) is 9.80 Å². The highest BCUT2D eigenvalue weighted by atomic mass is 16.2. The van der Waals surface area contributed by atoms with Gasteiger partial charge >= 0.3 is 6.03 Å². The molecule has 0 spiro atoms. The van der Waals surface area contributed by atoms with Crippen LogP contribution >= 0.6 is 0 Å². The van der Waals surface area contributed by atoms with Crippen molar-refractivity contribution in [2.45, 2.75) is 19.4 Å². The summed E-state index contributed by atoms with van der Waals surface area (Å²) < 4.78 is 0. The molecule has 2 N–H and O–H groups in total. The van der Waals surface area contributed by atoms with Gasteiger partial charge in [0, 0.05) is 32.2 Å². The largest absolute Gasteiger partial charge is 0.326 e. The van der Waals surface area contributed by atoms with Crippen LogP contribution in [0, 0.1) is 0 Å². The number of hydrogen-bond donors (Lipinski definition) is 1. The number of carbonyl (C=O) groups is 1. The van der Waals surface area contributed by atoms with Gasteiger partial charge in [-0.25, -0.2) is 4.79 Å². The summed E-state index contributed by atoms with van der Waals surface area (Å²) in [5.74, 6) is 0. The number of urea groups is 1. The standard InChI is InChI=1S/C8H17N3O/c1-8(2,9)6-11-5-4-10(3)7(11)12/h4-6,9H2,1-3H3. The van der Waals surface area contributed by atoms with Crippen LogP contribution in [-0.2, 0) is 0 Å². The van der Waals surface area contributed by atoms with Crippen molar-refractivity contribution in [2.75, 3.05) is 26.7 Å². The normalized spacial score (nSPS) is 19.2. The molecule has 0 unspecified atom stereocenters. The molecule has 1 aliphatic rings. The first-order valence-corrected chi connectivity index (χ1v) is 4.19. The first-order valence-electron chi connectivity index (χ1n) is 4.19. The van der Waals surface area contributed by atoms with Crippen molar-refractivity contribution in [1.29, 1.82) is 0 Å². The lowest BCUT2D eigenvalue weighted by Crippen LogP contribution is -2.46. The van der Waals surface area contributed by atoms with Crippen LogP contribution in [0.1, 0.15) is 13.8 Å². The van der Waals surface area contributed by atoms with Gasteiger partial charge in [0.05, 0.1) is 0 Å². The molecule has 0 radical (unpaired) electrons. The Kier molecular flexibility index (Phi) is 2.28. The maximum atomic E-state index is 11.4. The van der Waals surface area contributed by atoms with Crippen LogP contribution in [0.5, 0.6) is 0 Å². The predicted octanol–water partition coefficient (Wildman–Crippen LogP) is 0.0911. The number of hydrogen-bond acceptors (Lipinski definition) is 2. The van der Waals surface area contributed by atoms with Crippen molar-refractivity contribution in [3.05, 3.63) is 0 Å². The summed E-state index contributed by atoms with van der Waals surface area (Å²) in [6.45, 7) is 6.11. The first-order chi connectivity index (χ1) is 5.40. The number of amides is 2.